The fraction of sp³-hybridized carbons (Fsp3) is 0.600. The van der Waals surface area contributed by atoms with Crippen LogP contribution in [0.1, 0.15) is 19.8 Å². The Labute approximate surface area is 185 Å². The third-order valence-electron chi connectivity index (χ3n) is 5.16. The van der Waals surface area contributed by atoms with E-state index in [0.717, 1.165) is 76.1 Å². The molecule has 1 N–H and O–H groups in total. The number of anilines is 1. The van der Waals surface area contributed by atoms with Crippen molar-refractivity contribution in [3.63, 3.8) is 0 Å². The molecule has 0 radical (unpaired) electrons. The molecule has 1 aromatic carbocycles. The van der Waals surface area contributed by atoms with Gasteiger partial charge in [0.25, 0.3) is 0 Å². The second kappa shape index (κ2) is 11.3. The number of benzene rings is 1. The summed E-state index contributed by atoms with van der Waals surface area (Å²) in [5, 5.41) is 3.34. The highest BCUT2D eigenvalue weighted by atomic mass is 127. The minimum atomic E-state index is 0. The van der Waals surface area contributed by atoms with E-state index in [2.05, 4.69) is 33.1 Å². The van der Waals surface area contributed by atoms with Crippen molar-refractivity contribution in [3.05, 3.63) is 24.3 Å². The Kier molecular flexibility index (Phi) is 9.14. The number of nitrogens with zero attached hydrogens (tertiary/aromatic N) is 4. The van der Waals surface area contributed by atoms with Gasteiger partial charge in [0, 0.05) is 45.8 Å². The van der Waals surface area contributed by atoms with Crippen molar-refractivity contribution in [2.45, 2.75) is 19.8 Å². The van der Waals surface area contributed by atoms with Gasteiger partial charge >= 0.3 is 0 Å². The van der Waals surface area contributed by atoms with Crippen LogP contribution in [0.4, 0.5) is 5.69 Å². The molecular formula is C20H32IN5O2. The molecule has 0 aliphatic carbocycles. The molecule has 2 fully saturated rings. The lowest BCUT2D eigenvalue weighted by Gasteiger charge is -2.38. The van der Waals surface area contributed by atoms with Gasteiger partial charge in [-0.3, -0.25) is 4.79 Å². The van der Waals surface area contributed by atoms with Gasteiger partial charge in [-0.05, 0) is 31.9 Å². The Morgan fingerprint density at radius 2 is 1.75 bits per heavy atom. The number of ether oxygens (including phenoxy) is 1. The summed E-state index contributed by atoms with van der Waals surface area (Å²) in [6, 6.07) is 8.13. The number of carbonyl (C=O) groups excluding carboxylic acids is 1. The van der Waals surface area contributed by atoms with Crippen LogP contribution < -0.4 is 15.0 Å². The van der Waals surface area contributed by atoms with E-state index >= 15 is 0 Å². The van der Waals surface area contributed by atoms with Crippen LogP contribution in [0.2, 0.25) is 0 Å². The highest BCUT2D eigenvalue weighted by Gasteiger charge is 2.22. The molecule has 0 spiro atoms. The molecule has 7 nitrogen and oxygen atoms in total. The minimum absolute atomic E-state index is 0. The number of rotatable bonds is 5. The lowest BCUT2D eigenvalue weighted by atomic mass is 10.2. The third-order valence-corrected chi connectivity index (χ3v) is 5.16. The molecule has 156 valence electrons. The van der Waals surface area contributed by atoms with Crippen LogP contribution in [0.25, 0.3) is 0 Å². The third kappa shape index (κ3) is 5.65. The summed E-state index contributed by atoms with van der Waals surface area (Å²) in [5.74, 6) is 1.88. The number of nitrogens with one attached hydrogen (secondary N) is 1. The summed E-state index contributed by atoms with van der Waals surface area (Å²) >= 11 is 0. The van der Waals surface area contributed by atoms with Gasteiger partial charge in [-0.25, -0.2) is 4.99 Å². The normalized spacial score (nSPS) is 17.4. The Morgan fingerprint density at radius 3 is 2.39 bits per heavy atom. The standard InChI is InChI=1S/C20H31N5O2.HI/c1-3-21-20(22-16-19(26)24-10-6-7-11-24)25-14-12-23(13-15-25)17-8-4-5-9-18(17)27-2;/h4-5,8-9H,3,6-7,10-16H2,1-2H3,(H,21,22);1H. The lowest BCUT2D eigenvalue weighted by molar-refractivity contribution is -0.128. The highest BCUT2D eigenvalue weighted by Crippen LogP contribution is 2.28. The molecule has 28 heavy (non-hydrogen) atoms. The van der Waals surface area contributed by atoms with Crippen molar-refractivity contribution >= 4 is 41.5 Å². The van der Waals surface area contributed by atoms with E-state index in [9.17, 15) is 4.79 Å². The van der Waals surface area contributed by atoms with Crippen LogP contribution >= 0.6 is 24.0 Å². The molecule has 8 heteroatoms. The topological polar surface area (TPSA) is 60.4 Å². The van der Waals surface area contributed by atoms with Crippen LogP contribution in [0, 0.1) is 0 Å². The number of hydrogen-bond acceptors (Lipinski definition) is 4. The second-order valence-corrected chi connectivity index (χ2v) is 6.90. The van der Waals surface area contributed by atoms with E-state index in [1.165, 1.54) is 0 Å². The molecule has 1 aromatic rings. The molecule has 0 atom stereocenters. The van der Waals surface area contributed by atoms with Crippen LogP contribution in [0.3, 0.4) is 0 Å². The minimum Gasteiger partial charge on any atom is -0.495 e. The van der Waals surface area contributed by atoms with Crippen molar-refractivity contribution in [2.24, 2.45) is 4.99 Å². The van der Waals surface area contributed by atoms with Crippen molar-refractivity contribution in [2.75, 3.05) is 64.4 Å². The Morgan fingerprint density at radius 1 is 1.07 bits per heavy atom. The van der Waals surface area contributed by atoms with Crippen molar-refractivity contribution in [1.82, 2.24) is 15.1 Å². The van der Waals surface area contributed by atoms with Crippen molar-refractivity contribution < 1.29 is 9.53 Å². The quantitative estimate of drug-likeness (QED) is 0.380. The molecule has 1 amide bonds. The first kappa shape index (κ1) is 22.6. The molecule has 2 saturated heterocycles. The maximum absolute atomic E-state index is 12.3. The van der Waals surface area contributed by atoms with Gasteiger partial charge in [-0.1, -0.05) is 12.1 Å². The first-order valence-corrected chi connectivity index (χ1v) is 9.92. The van der Waals surface area contributed by atoms with Gasteiger partial charge < -0.3 is 24.8 Å². The molecule has 2 heterocycles. The largest absolute Gasteiger partial charge is 0.495 e. The zero-order chi connectivity index (χ0) is 19.1. The summed E-state index contributed by atoms with van der Waals surface area (Å²) in [6.07, 6.45) is 2.22. The molecule has 0 bridgehead atoms. The monoisotopic (exact) mass is 501 g/mol. The first-order valence-electron chi connectivity index (χ1n) is 9.92. The maximum atomic E-state index is 12.3. The number of piperazine rings is 1. The number of carbonyl (C=O) groups is 1. The van der Waals surface area contributed by atoms with Crippen LogP contribution in [0.15, 0.2) is 29.3 Å². The van der Waals surface area contributed by atoms with E-state index in [0.29, 0.717) is 0 Å². The molecular weight excluding hydrogens is 469 g/mol. The fourth-order valence-corrected chi connectivity index (χ4v) is 3.69. The van der Waals surface area contributed by atoms with Crippen molar-refractivity contribution in [3.8, 4) is 5.75 Å². The number of para-hydroxylation sites is 2. The van der Waals surface area contributed by atoms with E-state index in [1.54, 1.807) is 7.11 Å². The Bertz CT molecular complexity index is 656. The average Bonchev–Trinajstić information content (AvgIpc) is 3.26. The molecule has 2 aliphatic rings. The van der Waals surface area contributed by atoms with Crippen LogP contribution in [-0.2, 0) is 4.79 Å². The van der Waals surface area contributed by atoms with Crippen LogP contribution in [-0.4, -0.2) is 81.1 Å². The molecule has 2 aliphatic heterocycles. The molecule has 0 unspecified atom stereocenters. The number of guanidine groups is 1. The number of aliphatic imine (C=N–C) groups is 1. The average molecular weight is 501 g/mol. The first-order chi connectivity index (χ1) is 13.2. The predicted molar refractivity (Wildman–Crippen MR) is 124 cm³/mol. The SMILES string of the molecule is CCNC(=NCC(=O)N1CCCC1)N1CCN(c2ccccc2OC)CC1.I. The number of halogens is 1. The van der Waals surface area contributed by atoms with E-state index < -0.39 is 0 Å². The van der Waals surface area contributed by atoms with E-state index in [4.69, 9.17) is 4.74 Å². The van der Waals surface area contributed by atoms with Crippen molar-refractivity contribution in [1.29, 1.82) is 0 Å². The zero-order valence-electron chi connectivity index (χ0n) is 16.9. The Balaban J connectivity index is 0.00000280. The Hall–Kier alpha value is -1.71. The molecule has 3 rings (SSSR count). The van der Waals surface area contributed by atoms with Gasteiger partial charge in [-0.15, -0.1) is 24.0 Å². The van der Waals surface area contributed by atoms with Gasteiger partial charge in [0.15, 0.2) is 5.96 Å². The summed E-state index contributed by atoms with van der Waals surface area (Å²) in [7, 11) is 1.71. The smallest absolute Gasteiger partial charge is 0.244 e. The highest BCUT2D eigenvalue weighted by molar-refractivity contribution is 14.0. The van der Waals surface area contributed by atoms with Gasteiger partial charge in [0.05, 0.1) is 12.8 Å². The van der Waals surface area contributed by atoms with E-state index in [1.807, 2.05) is 23.1 Å². The summed E-state index contributed by atoms with van der Waals surface area (Å²) < 4.78 is 5.49. The fourth-order valence-electron chi connectivity index (χ4n) is 3.69. The zero-order valence-corrected chi connectivity index (χ0v) is 19.2. The number of likely N-dealkylation sites (tertiary alicyclic amines) is 1. The molecule has 0 saturated carbocycles. The van der Waals surface area contributed by atoms with Gasteiger partial charge in [0.2, 0.25) is 5.91 Å². The maximum Gasteiger partial charge on any atom is 0.244 e. The van der Waals surface area contributed by atoms with Gasteiger partial charge in [0.1, 0.15) is 12.3 Å². The second-order valence-electron chi connectivity index (χ2n) is 6.90. The number of hydrogen-bond donors (Lipinski definition) is 1. The predicted octanol–water partition coefficient (Wildman–Crippen LogP) is 2.02. The van der Waals surface area contributed by atoms with Crippen LogP contribution in [0.5, 0.6) is 5.75 Å². The summed E-state index contributed by atoms with van der Waals surface area (Å²) in [6.45, 7) is 8.35. The summed E-state index contributed by atoms with van der Waals surface area (Å²) in [5.41, 5.74) is 1.13. The summed E-state index contributed by atoms with van der Waals surface area (Å²) in [4.78, 5) is 23.4. The number of amides is 1. The lowest BCUT2D eigenvalue weighted by Crippen LogP contribution is -2.52. The van der Waals surface area contributed by atoms with E-state index in [-0.39, 0.29) is 36.4 Å². The number of methoxy groups -OCH3 is 1. The van der Waals surface area contributed by atoms with Gasteiger partial charge in [-0.2, -0.15) is 0 Å². The molecule has 0 aromatic heterocycles.